The molecule has 0 aromatic carbocycles. The summed E-state index contributed by atoms with van der Waals surface area (Å²) < 4.78 is 68.7. The maximum atomic E-state index is 13.1. The summed E-state index contributed by atoms with van der Waals surface area (Å²) in [5.74, 6) is 1.03. The summed E-state index contributed by atoms with van der Waals surface area (Å²) in [7, 11) is -9.92. The Balaban J connectivity index is 5.18. The topological polar surface area (TPSA) is 237 Å². The molecule has 0 aromatic heterocycles. The largest absolute Gasteiger partial charge is 0.472 e. The second kappa shape index (κ2) is 71.0. The van der Waals surface area contributed by atoms with Crippen molar-refractivity contribution in [3.63, 3.8) is 0 Å². The number of aliphatic hydroxyl groups is 1. The highest BCUT2D eigenvalue weighted by Crippen LogP contribution is 2.45. The second-order valence-corrected chi connectivity index (χ2v) is 33.9. The molecule has 0 heterocycles. The molecule has 0 spiro atoms. The smallest absolute Gasteiger partial charge is 0.462 e. The molecule has 0 amide bonds. The van der Waals surface area contributed by atoms with Gasteiger partial charge in [-0.15, -0.1) is 0 Å². The van der Waals surface area contributed by atoms with E-state index in [9.17, 15) is 43.2 Å². The van der Waals surface area contributed by atoms with Crippen molar-refractivity contribution in [2.75, 3.05) is 39.6 Å². The minimum absolute atomic E-state index is 0.106. The van der Waals surface area contributed by atoms with Crippen molar-refractivity contribution in [3.8, 4) is 0 Å². The van der Waals surface area contributed by atoms with Crippen molar-refractivity contribution in [2.24, 2.45) is 23.7 Å². The van der Waals surface area contributed by atoms with E-state index < -0.39 is 97.5 Å². The first kappa shape index (κ1) is 99.1. The van der Waals surface area contributed by atoms with Gasteiger partial charge in [0.2, 0.25) is 0 Å². The van der Waals surface area contributed by atoms with Gasteiger partial charge in [0.1, 0.15) is 19.3 Å². The number of rotatable bonds is 79. The third-order valence-corrected chi connectivity index (χ3v) is 21.7. The van der Waals surface area contributed by atoms with Crippen molar-refractivity contribution >= 4 is 39.5 Å². The fourth-order valence-electron chi connectivity index (χ4n) is 12.5. The maximum Gasteiger partial charge on any atom is 0.472 e. The van der Waals surface area contributed by atoms with Crippen LogP contribution in [0.3, 0.4) is 0 Å². The van der Waals surface area contributed by atoms with E-state index in [1.165, 1.54) is 218 Å². The van der Waals surface area contributed by atoms with Crippen LogP contribution in [-0.2, 0) is 65.4 Å². The van der Waals surface area contributed by atoms with Crippen molar-refractivity contribution in [1.82, 2.24) is 0 Å². The van der Waals surface area contributed by atoms with Gasteiger partial charge in [-0.1, -0.05) is 370 Å². The van der Waals surface area contributed by atoms with Crippen LogP contribution in [0.15, 0.2) is 0 Å². The van der Waals surface area contributed by atoms with E-state index in [4.69, 9.17) is 37.0 Å². The number of aliphatic hydroxyl groups excluding tert-OH is 1. The Morgan fingerprint density at radius 2 is 0.475 bits per heavy atom. The number of unbranched alkanes of at least 4 members (excludes halogenated alkanes) is 43. The molecular weight excluding hydrogens is 1320 g/mol. The van der Waals surface area contributed by atoms with Crippen molar-refractivity contribution in [2.45, 2.75) is 440 Å². The van der Waals surface area contributed by atoms with E-state index in [0.29, 0.717) is 31.6 Å². The lowest BCUT2D eigenvalue weighted by molar-refractivity contribution is -0.161. The molecule has 17 nitrogen and oxygen atoms in total. The molecule has 0 aliphatic carbocycles. The Kier molecular flexibility index (Phi) is 69.6. The zero-order chi connectivity index (χ0) is 74.6. The van der Waals surface area contributed by atoms with Crippen LogP contribution in [0.25, 0.3) is 0 Å². The molecule has 0 aliphatic rings. The molecule has 4 unspecified atom stereocenters. The molecule has 0 fully saturated rings. The molecule has 0 saturated heterocycles. The Morgan fingerprint density at radius 3 is 0.703 bits per heavy atom. The molecule has 0 radical (unpaired) electrons. The van der Waals surface area contributed by atoms with Gasteiger partial charge in [-0.2, -0.15) is 0 Å². The fourth-order valence-corrected chi connectivity index (χ4v) is 14.1. The van der Waals surface area contributed by atoms with Crippen LogP contribution < -0.4 is 0 Å². The first-order valence-electron chi connectivity index (χ1n) is 42.3. The van der Waals surface area contributed by atoms with Crippen LogP contribution in [0.5, 0.6) is 0 Å². The summed E-state index contributed by atoms with van der Waals surface area (Å²) in [6.07, 6.45) is 58.4. The van der Waals surface area contributed by atoms with Crippen LogP contribution in [0.1, 0.15) is 421 Å². The Hall–Kier alpha value is -1.94. The highest BCUT2D eigenvalue weighted by Gasteiger charge is 2.30. The number of carbonyl (C=O) groups excluding carboxylic acids is 4. The first-order chi connectivity index (χ1) is 48.7. The van der Waals surface area contributed by atoms with Gasteiger partial charge in [0.15, 0.2) is 12.2 Å². The molecule has 0 aromatic rings. The fraction of sp³-hybridized carbons (Fsp3) is 0.951. The summed E-state index contributed by atoms with van der Waals surface area (Å²) in [5, 5.41) is 10.6. The number of hydrogen-bond acceptors (Lipinski definition) is 15. The van der Waals surface area contributed by atoms with E-state index in [-0.39, 0.29) is 25.7 Å². The third-order valence-electron chi connectivity index (χ3n) is 19.8. The highest BCUT2D eigenvalue weighted by molar-refractivity contribution is 7.47. The summed E-state index contributed by atoms with van der Waals surface area (Å²) in [6.45, 7) is 14.3. The van der Waals surface area contributed by atoms with E-state index in [1.807, 2.05) is 0 Å². The summed E-state index contributed by atoms with van der Waals surface area (Å²) in [4.78, 5) is 73.0. The molecule has 101 heavy (non-hydrogen) atoms. The maximum absolute atomic E-state index is 13.1. The lowest BCUT2D eigenvalue weighted by atomic mass is 9.99. The number of carbonyl (C=O) groups is 4. The zero-order valence-electron chi connectivity index (χ0n) is 66.5. The van der Waals surface area contributed by atoms with Gasteiger partial charge < -0.3 is 33.8 Å². The Bertz CT molecular complexity index is 1980. The number of ether oxygens (including phenoxy) is 4. The van der Waals surface area contributed by atoms with Gasteiger partial charge in [-0.3, -0.25) is 37.3 Å². The van der Waals surface area contributed by atoms with Crippen molar-refractivity contribution in [3.05, 3.63) is 0 Å². The predicted molar refractivity (Wildman–Crippen MR) is 414 cm³/mol. The number of phosphoric acid groups is 2. The highest BCUT2D eigenvalue weighted by atomic mass is 31.2. The molecule has 0 saturated carbocycles. The molecule has 600 valence electrons. The molecule has 0 aliphatic heterocycles. The number of hydrogen-bond donors (Lipinski definition) is 3. The standard InChI is InChI=1S/C82H160O17P2/c1-9-74(7)60-52-44-35-29-23-19-15-13-11-12-14-16-20-24-31-37-46-54-62-79(84)92-68-77(98-82(87)65-57-49-39-33-27-26-30-36-45-53-61-75(8)10-2)70-96-100(88,89)94-66-76(83)67-95-101(90,91)97-71-78(69-93-80(85)63-55-47-41-40-43-51-59-73(5)6)99-81(86)64-56-48-38-32-25-21-17-18-22-28-34-42-50-58-72(3)4/h72-78,83H,9-71H2,1-8H3,(H,88,89)(H,90,91)/t74?,75?,76-,77-,78-/m1/s1. The monoisotopic (exact) mass is 1480 g/mol. The van der Waals surface area contributed by atoms with E-state index in [0.717, 1.165) is 114 Å². The number of esters is 4. The second-order valence-electron chi connectivity index (χ2n) is 31.0. The normalized spacial score (nSPS) is 14.5. The van der Waals surface area contributed by atoms with Crippen LogP contribution >= 0.6 is 15.6 Å². The van der Waals surface area contributed by atoms with E-state index in [2.05, 4.69) is 55.4 Å². The average Bonchev–Trinajstić information content (AvgIpc) is 1.33. The molecule has 0 rings (SSSR count). The lowest BCUT2D eigenvalue weighted by Crippen LogP contribution is -2.30. The summed E-state index contributed by atoms with van der Waals surface area (Å²) in [6, 6.07) is 0. The van der Waals surface area contributed by atoms with Crippen LogP contribution in [0, 0.1) is 23.7 Å². The van der Waals surface area contributed by atoms with Gasteiger partial charge in [0, 0.05) is 25.7 Å². The molecule has 3 N–H and O–H groups in total. The lowest BCUT2D eigenvalue weighted by Gasteiger charge is -2.21. The SMILES string of the molecule is CCC(C)CCCCCCCCCCCCCCCCCCCCC(=O)OC[C@H](COP(=O)(O)OC[C@@H](O)COP(=O)(O)OC[C@@H](COC(=O)CCCCCCCCC(C)C)OC(=O)CCCCCCCCCCCCCCCC(C)C)OC(=O)CCCCCCCCCCCCC(C)CC. The quantitative estimate of drug-likeness (QED) is 0.0222. The third kappa shape index (κ3) is 73.4. The minimum atomic E-state index is -4.96. The van der Waals surface area contributed by atoms with Crippen molar-refractivity contribution < 1.29 is 80.2 Å². The minimum Gasteiger partial charge on any atom is -0.462 e. The average molecular weight is 1480 g/mol. The number of phosphoric ester groups is 2. The molecule has 19 heteroatoms. The summed E-state index contributed by atoms with van der Waals surface area (Å²) >= 11 is 0. The van der Waals surface area contributed by atoms with Gasteiger partial charge in [-0.05, 0) is 49.4 Å². The van der Waals surface area contributed by atoms with E-state index >= 15 is 0 Å². The predicted octanol–water partition coefficient (Wildman–Crippen LogP) is 24.4. The van der Waals surface area contributed by atoms with Gasteiger partial charge in [0.05, 0.1) is 26.4 Å². The molecule has 7 atom stereocenters. The van der Waals surface area contributed by atoms with Gasteiger partial charge >= 0.3 is 39.5 Å². The summed E-state index contributed by atoms with van der Waals surface area (Å²) in [5.41, 5.74) is 0. The van der Waals surface area contributed by atoms with Crippen molar-refractivity contribution in [1.29, 1.82) is 0 Å². The Labute approximate surface area is 619 Å². The van der Waals surface area contributed by atoms with E-state index in [1.54, 1.807) is 0 Å². The van der Waals surface area contributed by atoms with Gasteiger partial charge in [-0.25, -0.2) is 9.13 Å². The Morgan fingerprint density at radius 1 is 0.277 bits per heavy atom. The first-order valence-corrected chi connectivity index (χ1v) is 45.3. The van der Waals surface area contributed by atoms with Crippen LogP contribution in [-0.4, -0.2) is 96.7 Å². The van der Waals surface area contributed by atoms with Gasteiger partial charge in [0.25, 0.3) is 0 Å². The van der Waals surface area contributed by atoms with Crippen LogP contribution in [0.4, 0.5) is 0 Å². The zero-order valence-corrected chi connectivity index (χ0v) is 68.3. The van der Waals surface area contributed by atoms with Crippen LogP contribution in [0.2, 0.25) is 0 Å². The molecule has 0 bridgehead atoms. The molecular formula is C82H160O17P2.